The van der Waals surface area contributed by atoms with Crippen molar-refractivity contribution in [3.63, 3.8) is 0 Å². The molecule has 0 saturated carbocycles. The molecule has 88 valence electrons. The molecule has 0 rings (SSSR count). The number of ether oxygens (including phenoxy) is 2. The van der Waals surface area contributed by atoms with Gasteiger partial charge >= 0.3 is 23.7 Å². The van der Waals surface area contributed by atoms with Gasteiger partial charge in [-0.25, -0.2) is 14.4 Å². The number of hydrogen-bond acceptors (Lipinski definition) is 5. The molecule has 0 aliphatic heterocycles. The Balaban J connectivity index is 4.90. The third kappa shape index (κ3) is 3.56. The van der Waals surface area contributed by atoms with E-state index in [0.29, 0.717) is 0 Å². The quantitative estimate of drug-likeness (QED) is 0.422. The van der Waals surface area contributed by atoms with Crippen LogP contribution in [0.1, 0.15) is 13.8 Å². The first kappa shape index (κ1) is 13.9. The molecule has 6 heteroatoms. The van der Waals surface area contributed by atoms with E-state index in [1.54, 1.807) is 0 Å². The van der Waals surface area contributed by atoms with Crippen LogP contribution in [0.5, 0.6) is 0 Å². The van der Waals surface area contributed by atoms with Crippen molar-refractivity contribution in [2.45, 2.75) is 19.6 Å². The van der Waals surface area contributed by atoms with Gasteiger partial charge in [-0.3, -0.25) is 0 Å². The molecule has 0 aromatic rings. The van der Waals surface area contributed by atoms with Crippen LogP contribution in [0.25, 0.3) is 0 Å². The number of rotatable bonds is 5. The lowest BCUT2D eigenvalue weighted by Crippen LogP contribution is -2.44. The van der Waals surface area contributed by atoms with Gasteiger partial charge in [0.25, 0.3) is 0 Å². The first-order valence-electron chi connectivity index (χ1n) is 4.20. The normalized spacial score (nSPS) is 13.1. The fraction of sp³-hybridized carbons (Fsp3) is 0.300. The average molecular weight is 228 g/mol. The maximum absolute atomic E-state index is 11.1. The van der Waals surface area contributed by atoms with Gasteiger partial charge in [0.1, 0.15) is 0 Å². The van der Waals surface area contributed by atoms with E-state index < -0.39 is 23.7 Å². The first-order valence-corrected chi connectivity index (χ1v) is 4.20. The zero-order chi connectivity index (χ0) is 12.9. The molecule has 0 aromatic heterocycles. The smallest absolute Gasteiger partial charge is 0.390 e. The van der Waals surface area contributed by atoms with Crippen LogP contribution in [0.15, 0.2) is 24.8 Å². The molecule has 1 unspecified atom stereocenters. The zero-order valence-corrected chi connectivity index (χ0v) is 8.98. The van der Waals surface area contributed by atoms with E-state index in [9.17, 15) is 14.4 Å². The summed E-state index contributed by atoms with van der Waals surface area (Å²) in [6, 6.07) is 0. The van der Waals surface area contributed by atoms with E-state index in [1.807, 2.05) is 0 Å². The van der Waals surface area contributed by atoms with Crippen molar-refractivity contribution in [3.8, 4) is 0 Å². The van der Waals surface area contributed by atoms with E-state index in [2.05, 4.69) is 22.6 Å². The number of carboxylic acids is 1. The lowest BCUT2D eigenvalue weighted by atomic mass is 10.3. The van der Waals surface area contributed by atoms with Gasteiger partial charge in [0.05, 0.1) is 0 Å². The monoisotopic (exact) mass is 228 g/mol. The van der Waals surface area contributed by atoms with Crippen molar-refractivity contribution in [2.75, 3.05) is 0 Å². The second-order valence-electron chi connectivity index (χ2n) is 3.05. The topological polar surface area (TPSA) is 89.9 Å². The van der Waals surface area contributed by atoms with Crippen molar-refractivity contribution in [1.82, 2.24) is 0 Å². The van der Waals surface area contributed by atoms with Crippen LogP contribution in [-0.2, 0) is 23.9 Å². The highest BCUT2D eigenvalue weighted by Crippen LogP contribution is 2.15. The van der Waals surface area contributed by atoms with Crippen LogP contribution >= 0.6 is 0 Å². The van der Waals surface area contributed by atoms with E-state index in [1.165, 1.54) is 6.92 Å². The summed E-state index contributed by atoms with van der Waals surface area (Å²) in [5, 5.41) is 8.79. The number of carbonyl (C=O) groups excluding carboxylic acids is 2. The predicted molar refractivity (Wildman–Crippen MR) is 53.2 cm³/mol. The SMILES string of the molecule is C=CC(=O)OC(C)(OC(=O)C(=C)C)C(=O)O. The van der Waals surface area contributed by atoms with Crippen molar-refractivity contribution in [3.05, 3.63) is 24.8 Å². The Morgan fingerprint density at radius 1 is 1.31 bits per heavy atom. The third-order valence-electron chi connectivity index (χ3n) is 1.49. The fourth-order valence-electron chi connectivity index (χ4n) is 0.606. The van der Waals surface area contributed by atoms with E-state index in [-0.39, 0.29) is 5.57 Å². The summed E-state index contributed by atoms with van der Waals surface area (Å²) >= 11 is 0. The summed E-state index contributed by atoms with van der Waals surface area (Å²) in [6.45, 7) is 8.62. The third-order valence-corrected chi connectivity index (χ3v) is 1.49. The molecule has 0 saturated heterocycles. The lowest BCUT2D eigenvalue weighted by Gasteiger charge is -2.23. The molecular weight excluding hydrogens is 216 g/mol. The molecule has 0 aliphatic carbocycles. The van der Waals surface area contributed by atoms with Gasteiger partial charge in [-0.1, -0.05) is 13.2 Å². The Hall–Kier alpha value is -2.11. The summed E-state index contributed by atoms with van der Waals surface area (Å²) in [6.07, 6.45) is 0.760. The molecule has 0 spiro atoms. The van der Waals surface area contributed by atoms with Gasteiger partial charge in [0.15, 0.2) is 0 Å². The van der Waals surface area contributed by atoms with E-state index >= 15 is 0 Å². The Kier molecular flexibility index (Phi) is 4.43. The Bertz CT molecular complexity index is 356. The van der Waals surface area contributed by atoms with Gasteiger partial charge in [0.2, 0.25) is 0 Å². The number of carbonyl (C=O) groups is 3. The summed E-state index contributed by atoms with van der Waals surface area (Å²) in [5.41, 5.74) is -0.0119. The molecule has 0 heterocycles. The minimum atomic E-state index is -2.39. The molecule has 6 nitrogen and oxygen atoms in total. The molecular formula is C10H12O6. The van der Waals surface area contributed by atoms with Gasteiger partial charge < -0.3 is 14.6 Å². The fourth-order valence-corrected chi connectivity index (χ4v) is 0.606. The highest BCUT2D eigenvalue weighted by molar-refractivity contribution is 5.91. The van der Waals surface area contributed by atoms with E-state index in [4.69, 9.17) is 5.11 Å². The number of hydrogen-bond donors (Lipinski definition) is 1. The van der Waals surface area contributed by atoms with Crippen molar-refractivity contribution in [1.29, 1.82) is 0 Å². The molecule has 0 amide bonds. The Morgan fingerprint density at radius 3 is 2.12 bits per heavy atom. The molecule has 0 bridgehead atoms. The molecule has 0 aromatic carbocycles. The van der Waals surface area contributed by atoms with Gasteiger partial charge in [-0.15, -0.1) is 0 Å². The largest absolute Gasteiger partial charge is 0.475 e. The highest BCUT2D eigenvalue weighted by atomic mass is 16.7. The minimum absolute atomic E-state index is 0.0119. The van der Waals surface area contributed by atoms with Crippen LogP contribution in [0.3, 0.4) is 0 Å². The van der Waals surface area contributed by atoms with Gasteiger partial charge in [0, 0.05) is 18.6 Å². The second kappa shape index (κ2) is 5.11. The van der Waals surface area contributed by atoms with Crippen LogP contribution in [0.2, 0.25) is 0 Å². The summed E-state index contributed by atoms with van der Waals surface area (Å²) < 4.78 is 8.93. The summed E-state index contributed by atoms with van der Waals surface area (Å²) in [5.74, 6) is -5.99. The Morgan fingerprint density at radius 2 is 1.81 bits per heavy atom. The van der Waals surface area contributed by atoms with Crippen LogP contribution in [0, 0.1) is 0 Å². The first-order chi connectivity index (χ1) is 7.23. The van der Waals surface area contributed by atoms with Crippen molar-refractivity contribution < 1.29 is 29.0 Å². The summed E-state index contributed by atoms with van der Waals surface area (Å²) in [7, 11) is 0. The molecule has 0 fully saturated rings. The molecule has 0 radical (unpaired) electrons. The van der Waals surface area contributed by atoms with Crippen LogP contribution < -0.4 is 0 Å². The maximum atomic E-state index is 11.1. The highest BCUT2D eigenvalue weighted by Gasteiger charge is 2.41. The molecule has 16 heavy (non-hydrogen) atoms. The number of carboxylic acid groups (broad SMARTS) is 1. The maximum Gasteiger partial charge on any atom is 0.390 e. The molecule has 1 N–H and O–H groups in total. The standard InChI is InChI=1S/C10H12O6/c1-5-7(11)15-10(4,9(13)14)16-8(12)6(2)3/h5H,1-2H2,3-4H3,(H,13,14). The van der Waals surface area contributed by atoms with Crippen LogP contribution in [-0.4, -0.2) is 28.8 Å². The van der Waals surface area contributed by atoms with Crippen molar-refractivity contribution >= 4 is 17.9 Å². The predicted octanol–water partition coefficient (Wildman–Crippen LogP) is 0.636. The van der Waals surface area contributed by atoms with Crippen molar-refractivity contribution in [2.24, 2.45) is 0 Å². The van der Waals surface area contributed by atoms with Gasteiger partial charge in [-0.05, 0) is 6.92 Å². The van der Waals surface area contributed by atoms with E-state index in [0.717, 1.165) is 13.0 Å². The second-order valence-corrected chi connectivity index (χ2v) is 3.05. The summed E-state index contributed by atoms with van der Waals surface area (Å²) in [4.78, 5) is 32.8. The minimum Gasteiger partial charge on any atom is -0.475 e. The van der Waals surface area contributed by atoms with Crippen LogP contribution in [0.4, 0.5) is 0 Å². The lowest BCUT2D eigenvalue weighted by molar-refractivity contribution is -0.227. The average Bonchev–Trinajstić information content (AvgIpc) is 2.16. The van der Waals surface area contributed by atoms with Gasteiger partial charge in [-0.2, -0.15) is 0 Å². The number of aliphatic carboxylic acids is 1. The Labute approximate surface area is 92.2 Å². The molecule has 1 atom stereocenters. The zero-order valence-electron chi connectivity index (χ0n) is 8.98. The number of esters is 2. The molecule has 0 aliphatic rings.